The van der Waals surface area contributed by atoms with E-state index < -0.39 is 6.09 Å². The molecule has 80 valence electrons. The minimum Gasteiger partial charge on any atom is -0.465 e. The van der Waals surface area contributed by atoms with Gasteiger partial charge < -0.3 is 15.1 Å². The van der Waals surface area contributed by atoms with Crippen molar-refractivity contribution in [3.05, 3.63) is 0 Å². The number of amides is 1. The monoisotopic (exact) mass is 200 g/mol. The van der Waals surface area contributed by atoms with E-state index in [0.717, 1.165) is 25.9 Å². The van der Waals surface area contributed by atoms with Crippen LogP contribution in [0.5, 0.6) is 0 Å². The van der Waals surface area contributed by atoms with E-state index in [4.69, 9.17) is 10.2 Å². The van der Waals surface area contributed by atoms with Crippen LogP contribution in [0.15, 0.2) is 0 Å². The number of carbonyl (C=O) groups is 1. The van der Waals surface area contributed by atoms with Gasteiger partial charge in [-0.2, -0.15) is 0 Å². The molecule has 0 radical (unpaired) electrons. The zero-order valence-electron chi connectivity index (χ0n) is 8.09. The van der Waals surface area contributed by atoms with Gasteiger partial charge >= 0.3 is 6.09 Å². The van der Waals surface area contributed by atoms with Gasteiger partial charge in [0, 0.05) is 32.2 Å². The van der Waals surface area contributed by atoms with E-state index in [0.29, 0.717) is 19.1 Å². The Labute approximate surface area is 82.9 Å². The van der Waals surface area contributed by atoms with E-state index in [9.17, 15) is 4.79 Å². The van der Waals surface area contributed by atoms with Crippen molar-refractivity contribution in [2.24, 2.45) is 0 Å². The summed E-state index contributed by atoms with van der Waals surface area (Å²) in [5, 5.41) is 17.9. The molecule has 2 rings (SSSR count). The third-order valence-corrected chi connectivity index (χ3v) is 3.14. The van der Waals surface area contributed by atoms with Crippen molar-refractivity contribution in [1.29, 1.82) is 0 Å². The Morgan fingerprint density at radius 2 is 1.79 bits per heavy atom. The summed E-state index contributed by atoms with van der Waals surface area (Å²) in [6.45, 7) is 2.79. The van der Waals surface area contributed by atoms with Crippen molar-refractivity contribution < 1.29 is 15.0 Å². The summed E-state index contributed by atoms with van der Waals surface area (Å²) in [6.07, 6.45) is 0.831. The SMILES string of the molecule is O=C(O)N1CCC(N2CC(O)C2)CC1. The van der Waals surface area contributed by atoms with Crippen LogP contribution in [0.2, 0.25) is 0 Å². The molecule has 0 unspecified atom stereocenters. The van der Waals surface area contributed by atoms with Crippen molar-refractivity contribution in [1.82, 2.24) is 9.80 Å². The molecule has 0 aliphatic carbocycles. The lowest BCUT2D eigenvalue weighted by atomic mass is 9.99. The van der Waals surface area contributed by atoms with Gasteiger partial charge in [-0.25, -0.2) is 4.79 Å². The molecular formula is C9H16N2O3. The Morgan fingerprint density at radius 3 is 2.21 bits per heavy atom. The molecule has 2 heterocycles. The molecule has 5 heteroatoms. The maximum Gasteiger partial charge on any atom is 0.407 e. The molecule has 1 amide bonds. The molecule has 2 aliphatic heterocycles. The normalized spacial score (nSPS) is 26.2. The van der Waals surface area contributed by atoms with E-state index in [1.54, 1.807) is 0 Å². The van der Waals surface area contributed by atoms with Gasteiger partial charge in [0.15, 0.2) is 0 Å². The van der Waals surface area contributed by atoms with Crippen LogP contribution in [0.1, 0.15) is 12.8 Å². The molecule has 0 aromatic heterocycles. The van der Waals surface area contributed by atoms with Gasteiger partial charge in [-0.15, -0.1) is 0 Å². The summed E-state index contributed by atoms with van der Waals surface area (Å²) < 4.78 is 0. The molecule has 0 aromatic rings. The lowest BCUT2D eigenvalue weighted by Crippen LogP contribution is -2.58. The number of β-amino-alcohol motifs (C(OH)–C–C–N with tert-alkyl or cyclic N) is 1. The van der Waals surface area contributed by atoms with E-state index in [1.165, 1.54) is 4.90 Å². The average molecular weight is 200 g/mol. The van der Waals surface area contributed by atoms with Crippen LogP contribution in [-0.2, 0) is 0 Å². The summed E-state index contributed by atoms with van der Waals surface area (Å²) in [7, 11) is 0. The first-order valence-corrected chi connectivity index (χ1v) is 5.07. The van der Waals surface area contributed by atoms with E-state index >= 15 is 0 Å². The number of hydrogen-bond donors (Lipinski definition) is 2. The first kappa shape index (κ1) is 9.73. The van der Waals surface area contributed by atoms with Crippen LogP contribution in [0.4, 0.5) is 4.79 Å². The minimum atomic E-state index is -0.813. The van der Waals surface area contributed by atoms with Crippen LogP contribution >= 0.6 is 0 Å². The quantitative estimate of drug-likeness (QED) is 0.615. The second-order valence-electron chi connectivity index (χ2n) is 4.11. The fourth-order valence-electron chi connectivity index (χ4n) is 2.21. The molecule has 2 N–H and O–H groups in total. The van der Waals surface area contributed by atoms with Crippen molar-refractivity contribution >= 4 is 6.09 Å². The van der Waals surface area contributed by atoms with Gasteiger partial charge in [0.25, 0.3) is 0 Å². The minimum absolute atomic E-state index is 0.160. The Bertz CT molecular complexity index is 220. The van der Waals surface area contributed by atoms with E-state index in [1.807, 2.05) is 0 Å². The molecule has 0 atom stereocenters. The van der Waals surface area contributed by atoms with Crippen molar-refractivity contribution in [3.63, 3.8) is 0 Å². The van der Waals surface area contributed by atoms with Gasteiger partial charge in [-0.05, 0) is 12.8 Å². The highest BCUT2D eigenvalue weighted by Crippen LogP contribution is 2.21. The fraction of sp³-hybridized carbons (Fsp3) is 0.889. The lowest BCUT2D eigenvalue weighted by Gasteiger charge is -2.44. The zero-order valence-corrected chi connectivity index (χ0v) is 8.09. The topological polar surface area (TPSA) is 64.0 Å². The molecule has 2 saturated heterocycles. The third kappa shape index (κ3) is 1.83. The Morgan fingerprint density at radius 1 is 1.21 bits per heavy atom. The van der Waals surface area contributed by atoms with Gasteiger partial charge in [0.2, 0.25) is 0 Å². The average Bonchev–Trinajstić information content (AvgIpc) is 2.13. The second-order valence-corrected chi connectivity index (χ2v) is 4.11. The van der Waals surface area contributed by atoms with Crippen LogP contribution in [0.25, 0.3) is 0 Å². The standard InChI is InChI=1S/C9H16N2O3/c12-8-5-11(6-8)7-1-3-10(4-2-7)9(13)14/h7-8,12H,1-6H2,(H,13,14). The molecule has 0 saturated carbocycles. The van der Waals surface area contributed by atoms with Crippen molar-refractivity contribution in [2.75, 3.05) is 26.2 Å². The summed E-state index contributed by atoms with van der Waals surface area (Å²) in [5.74, 6) is 0. The Balaban J connectivity index is 1.76. The maximum absolute atomic E-state index is 10.6. The van der Waals surface area contributed by atoms with Crippen molar-refractivity contribution in [2.45, 2.75) is 25.0 Å². The first-order chi connectivity index (χ1) is 6.66. The molecule has 0 aromatic carbocycles. The first-order valence-electron chi connectivity index (χ1n) is 5.07. The number of aliphatic hydroxyl groups excluding tert-OH is 1. The van der Waals surface area contributed by atoms with Crippen LogP contribution in [-0.4, -0.2) is 64.4 Å². The largest absolute Gasteiger partial charge is 0.465 e. The predicted molar refractivity (Wildman–Crippen MR) is 50.2 cm³/mol. The lowest BCUT2D eigenvalue weighted by molar-refractivity contribution is -0.0383. The van der Waals surface area contributed by atoms with Crippen molar-refractivity contribution in [3.8, 4) is 0 Å². The van der Waals surface area contributed by atoms with Gasteiger partial charge in [-0.3, -0.25) is 4.90 Å². The number of carboxylic acid groups (broad SMARTS) is 1. The number of hydrogen-bond acceptors (Lipinski definition) is 3. The number of nitrogens with zero attached hydrogens (tertiary/aromatic N) is 2. The zero-order chi connectivity index (χ0) is 10.1. The third-order valence-electron chi connectivity index (χ3n) is 3.14. The number of rotatable bonds is 1. The molecule has 2 fully saturated rings. The van der Waals surface area contributed by atoms with Gasteiger partial charge in [-0.1, -0.05) is 0 Å². The second kappa shape index (κ2) is 3.74. The van der Waals surface area contributed by atoms with Crippen LogP contribution in [0, 0.1) is 0 Å². The van der Waals surface area contributed by atoms with Gasteiger partial charge in [0.1, 0.15) is 0 Å². The summed E-state index contributed by atoms with van der Waals surface area (Å²) in [5.41, 5.74) is 0. The van der Waals surface area contributed by atoms with E-state index in [2.05, 4.69) is 4.90 Å². The number of likely N-dealkylation sites (tertiary alicyclic amines) is 2. The fourth-order valence-corrected chi connectivity index (χ4v) is 2.21. The Kier molecular flexibility index (Phi) is 2.60. The molecule has 5 nitrogen and oxygen atoms in total. The molecule has 0 spiro atoms. The van der Waals surface area contributed by atoms with Crippen LogP contribution in [0.3, 0.4) is 0 Å². The highest BCUT2D eigenvalue weighted by molar-refractivity contribution is 5.65. The molecule has 2 aliphatic rings. The highest BCUT2D eigenvalue weighted by Gasteiger charge is 2.33. The smallest absolute Gasteiger partial charge is 0.407 e. The summed E-state index contributed by atoms with van der Waals surface area (Å²) in [6, 6.07) is 0.481. The maximum atomic E-state index is 10.6. The van der Waals surface area contributed by atoms with E-state index in [-0.39, 0.29) is 6.10 Å². The predicted octanol–water partition coefficient (Wildman–Crippen LogP) is -0.195. The molecule has 0 bridgehead atoms. The highest BCUT2D eigenvalue weighted by atomic mass is 16.4. The Hall–Kier alpha value is -0.810. The molecule has 14 heavy (non-hydrogen) atoms. The molecular weight excluding hydrogens is 184 g/mol. The number of piperidine rings is 1. The summed E-state index contributed by atoms with van der Waals surface area (Å²) >= 11 is 0. The summed E-state index contributed by atoms with van der Waals surface area (Å²) in [4.78, 5) is 14.3. The van der Waals surface area contributed by atoms with Crippen LogP contribution < -0.4 is 0 Å². The van der Waals surface area contributed by atoms with Gasteiger partial charge in [0.05, 0.1) is 6.10 Å². The number of aliphatic hydroxyl groups is 1.